The molecule has 1 atom stereocenters. The first kappa shape index (κ1) is 25.8. The Morgan fingerprint density at radius 2 is 1.84 bits per heavy atom. The summed E-state index contributed by atoms with van der Waals surface area (Å²) in [6.07, 6.45) is 2.41. The van der Waals surface area contributed by atoms with Gasteiger partial charge in [0.25, 0.3) is 11.8 Å². The van der Waals surface area contributed by atoms with Crippen LogP contribution in [0.4, 0.5) is 15.8 Å². The molecule has 3 amide bonds. The summed E-state index contributed by atoms with van der Waals surface area (Å²) in [6.45, 7) is 4.48. The van der Waals surface area contributed by atoms with Gasteiger partial charge in [-0.25, -0.2) is 4.39 Å². The lowest BCUT2D eigenvalue weighted by Gasteiger charge is -2.31. The maximum Gasteiger partial charge on any atom is 0.273 e. The number of carbonyl (C=O) groups excluding carboxylic acids is 3. The van der Waals surface area contributed by atoms with Gasteiger partial charge in [-0.15, -0.1) is 0 Å². The largest absolute Gasteiger partial charge is 0.395 e. The van der Waals surface area contributed by atoms with E-state index in [0.29, 0.717) is 29.6 Å². The van der Waals surface area contributed by atoms with Crippen molar-refractivity contribution in [2.75, 3.05) is 17.2 Å². The summed E-state index contributed by atoms with van der Waals surface area (Å²) in [4.78, 5) is 43.9. The van der Waals surface area contributed by atoms with E-state index in [2.05, 4.69) is 14.7 Å². The number of anilines is 2. The van der Waals surface area contributed by atoms with Crippen LogP contribution in [0.1, 0.15) is 52.0 Å². The third-order valence-corrected chi connectivity index (χ3v) is 6.77. The first-order chi connectivity index (χ1) is 17.7. The van der Waals surface area contributed by atoms with E-state index in [1.54, 1.807) is 6.20 Å². The number of nitrogens with two attached hydrogens (primary N) is 2. The first-order valence-corrected chi connectivity index (χ1v) is 12.4. The molecular formula is C26H27FN6O3S. The highest BCUT2D eigenvalue weighted by molar-refractivity contribution is 7.09. The summed E-state index contributed by atoms with van der Waals surface area (Å²) in [6, 6.07) is 11.4. The number of aromatic amines is 1. The Bertz CT molecular complexity index is 1450. The number of para-hydroxylation sites is 1. The lowest BCUT2D eigenvalue weighted by molar-refractivity contribution is -0.122. The molecule has 0 spiro atoms. The van der Waals surface area contributed by atoms with Gasteiger partial charge in [-0.05, 0) is 54.2 Å². The highest BCUT2D eigenvalue weighted by Crippen LogP contribution is 2.36. The van der Waals surface area contributed by atoms with Crippen molar-refractivity contribution >= 4 is 51.5 Å². The number of amides is 3. The Kier molecular flexibility index (Phi) is 7.53. The third kappa shape index (κ3) is 5.31. The zero-order valence-electron chi connectivity index (χ0n) is 20.3. The van der Waals surface area contributed by atoms with Crippen LogP contribution < -0.4 is 21.7 Å². The van der Waals surface area contributed by atoms with E-state index in [9.17, 15) is 18.8 Å². The molecule has 11 heteroatoms. The molecule has 9 nitrogen and oxygen atoms in total. The lowest BCUT2D eigenvalue weighted by Crippen LogP contribution is -2.44. The number of nitrogens with one attached hydrogen (secondary N) is 2. The number of fused-ring (bicyclic) bond motifs is 1. The fourth-order valence-electron chi connectivity index (χ4n) is 4.02. The molecule has 2 aromatic carbocycles. The van der Waals surface area contributed by atoms with Crippen molar-refractivity contribution in [2.24, 2.45) is 11.7 Å². The lowest BCUT2D eigenvalue weighted by atomic mass is 10.0. The highest BCUT2D eigenvalue weighted by atomic mass is 32.1. The number of nitrogens with zero attached hydrogens (tertiary/aromatic N) is 2. The number of carbonyl (C=O) groups is 3. The second kappa shape index (κ2) is 10.8. The normalized spacial score (nSPS) is 12.0. The minimum absolute atomic E-state index is 0.0575. The maximum absolute atomic E-state index is 14.0. The Morgan fingerprint density at radius 3 is 2.49 bits per heavy atom. The number of H-pyrrole nitrogens is 1. The zero-order valence-corrected chi connectivity index (χ0v) is 21.1. The van der Waals surface area contributed by atoms with Crippen molar-refractivity contribution in [1.29, 1.82) is 0 Å². The predicted molar refractivity (Wildman–Crippen MR) is 142 cm³/mol. The number of aromatic nitrogens is 2. The molecule has 0 unspecified atom stereocenters. The standard InChI is InChI=1S/C26H27FN6O3S/c1-14(2)11-12-30-25(35)22(18-13-31-19-6-4-3-5-17(18)19)33(16-9-7-15(27)8-10-16)26(36)23-20(28)21(24(29)34)32-37-23/h3-10,13-14,22,31H,11-12,28H2,1-2H3,(H2,29,34)(H,30,35)/t22-/m1/s1. The van der Waals surface area contributed by atoms with E-state index in [4.69, 9.17) is 11.5 Å². The van der Waals surface area contributed by atoms with Gasteiger partial charge in [0, 0.05) is 34.9 Å². The van der Waals surface area contributed by atoms with Crippen LogP contribution in [0.3, 0.4) is 0 Å². The van der Waals surface area contributed by atoms with E-state index >= 15 is 0 Å². The van der Waals surface area contributed by atoms with Gasteiger partial charge in [0.2, 0.25) is 5.91 Å². The number of nitrogen functional groups attached to an aromatic ring is 1. The summed E-state index contributed by atoms with van der Waals surface area (Å²) >= 11 is 0.710. The predicted octanol–water partition coefficient (Wildman–Crippen LogP) is 4.00. The van der Waals surface area contributed by atoms with E-state index < -0.39 is 29.6 Å². The molecule has 4 rings (SSSR count). The van der Waals surface area contributed by atoms with Gasteiger partial charge in [0.15, 0.2) is 5.69 Å². The Morgan fingerprint density at radius 1 is 1.14 bits per heavy atom. The molecule has 0 radical (unpaired) electrons. The van der Waals surface area contributed by atoms with E-state index in [1.807, 2.05) is 38.1 Å². The molecule has 0 bridgehead atoms. The second-order valence-corrected chi connectivity index (χ2v) is 9.73. The zero-order chi connectivity index (χ0) is 26.7. The molecule has 0 aliphatic carbocycles. The SMILES string of the molecule is CC(C)CCNC(=O)[C@@H](c1c[nH]c2ccccc12)N(C(=O)c1snc(C(N)=O)c1N)c1ccc(F)cc1. The molecule has 2 heterocycles. The Balaban J connectivity index is 1.89. The van der Waals surface area contributed by atoms with Crippen molar-refractivity contribution in [3.63, 3.8) is 0 Å². The topological polar surface area (TPSA) is 147 Å². The van der Waals surface area contributed by atoms with Gasteiger partial charge in [-0.2, -0.15) is 4.37 Å². The van der Waals surface area contributed by atoms with E-state index in [1.165, 1.54) is 29.2 Å². The average molecular weight is 523 g/mol. The van der Waals surface area contributed by atoms with Crippen LogP contribution in [0, 0.1) is 11.7 Å². The summed E-state index contributed by atoms with van der Waals surface area (Å²) in [5.74, 6) is -2.13. The molecule has 192 valence electrons. The van der Waals surface area contributed by atoms with Crippen LogP contribution in [0.5, 0.6) is 0 Å². The summed E-state index contributed by atoms with van der Waals surface area (Å²) in [5.41, 5.74) is 12.6. The smallest absolute Gasteiger partial charge is 0.273 e. The van der Waals surface area contributed by atoms with Gasteiger partial charge in [0.05, 0.1) is 5.69 Å². The number of hydrogen-bond acceptors (Lipinski definition) is 6. The fourth-order valence-corrected chi connectivity index (χ4v) is 4.76. The minimum Gasteiger partial charge on any atom is -0.395 e. The molecule has 4 aromatic rings. The van der Waals surface area contributed by atoms with Crippen molar-refractivity contribution < 1.29 is 18.8 Å². The van der Waals surface area contributed by atoms with Crippen LogP contribution >= 0.6 is 11.5 Å². The van der Waals surface area contributed by atoms with Crippen LogP contribution in [0.15, 0.2) is 54.7 Å². The van der Waals surface area contributed by atoms with Crippen LogP contribution in [-0.4, -0.2) is 33.6 Å². The molecule has 6 N–H and O–H groups in total. The number of primary amides is 1. The fraction of sp³-hybridized carbons (Fsp3) is 0.231. The van der Waals surface area contributed by atoms with Crippen molar-refractivity contribution in [3.05, 3.63) is 76.7 Å². The number of halogens is 1. The van der Waals surface area contributed by atoms with E-state index in [-0.39, 0.29) is 21.9 Å². The number of benzene rings is 2. The van der Waals surface area contributed by atoms with Gasteiger partial charge in [0.1, 0.15) is 16.7 Å². The Labute approximate surface area is 216 Å². The monoisotopic (exact) mass is 522 g/mol. The van der Waals surface area contributed by atoms with Crippen molar-refractivity contribution in [1.82, 2.24) is 14.7 Å². The first-order valence-electron chi connectivity index (χ1n) is 11.7. The van der Waals surface area contributed by atoms with Gasteiger partial charge in [-0.3, -0.25) is 19.3 Å². The van der Waals surface area contributed by atoms with Crippen LogP contribution in [-0.2, 0) is 4.79 Å². The van der Waals surface area contributed by atoms with Crippen LogP contribution in [0.2, 0.25) is 0 Å². The quantitative estimate of drug-likeness (QED) is 0.262. The van der Waals surface area contributed by atoms with E-state index in [0.717, 1.165) is 17.3 Å². The summed E-state index contributed by atoms with van der Waals surface area (Å²) in [5, 5.41) is 3.67. The minimum atomic E-state index is -1.15. The molecule has 0 saturated heterocycles. The van der Waals surface area contributed by atoms with Gasteiger partial charge >= 0.3 is 0 Å². The second-order valence-electron chi connectivity index (χ2n) is 8.96. The van der Waals surface area contributed by atoms with Gasteiger partial charge < -0.3 is 21.8 Å². The number of hydrogen-bond donors (Lipinski definition) is 4. The van der Waals surface area contributed by atoms with Gasteiger partial charge in [-0.1, -0.05) is 32.0 Å². The Hall–Kier alpha value is -4.25. The molecular weight excluding hydrogens is 495 g/mol. The maximum atomic E-state index is 14.0. The average Bonchev–Trinajstić information content (AvgIpc) is 3.46. The molecule has 0 aliphatic rings. The molecule has 0 fully saturated rings. The van der Waals surface area contributed by atoms with Crippen molar-refractivity contribution in [3.8, 4) is 0 Å². The summed E-state index contributed by atoms with van der Waals surface area (Å²) in [7, 11) is 0. The molecule has 37 heavy (non-hydrogen) atoms. The number of rotatable bonds is 9. The molecule has 2 aromatic heterocycles. The third-order valence-electron chi connectivity index (χ3n) is 5.92. The summed E-state index contributed by atoms with van der Waals surface area (Å²) < 4.78 is 17.8. The highest BCUT2D eigenvalue weighted by Gasteiger charge is 2.37. The van der Waals surface area contributed by atoms with Crippen LogP contribution in [0.25, 0.3) is 10.9 Å². The molecule has 0 aliphatic heterocycles. The molecule has 0 saturated carbocycles. The van der Waals surface area contributed by atoms with Crippen molar-refractivity contribution in [2.45, 2.75) is 26.3 Å².